The highest BCUT2D eigenvalue weighted by atomic mass is 35.5. The summed E-state index contributed by atoms with van der Waals surface area (Å²) >= 11 is 5.99. The van der Waals surface area contributed by atoms with Crippen LogP contribution in [-0.4, -0.2) is 24.0 Å². The number of aromatic nitrogens is 1. The maximum Gasteiger partial charge on any atom is 0.223 e. The fourth-order valence-electron chi connectivity index (χ4n) is 3.66. The molecule has 0 saturated carbocycles. The first kappa shape index (κ1) is 18.6. The van der Waals surface area contributed by atoms with Crippen molar-refractivity contribution in [2.75, 3.05) is 22.9 Å². The number of aryl methyl sites for hydroxylation is 1. The average Bonchev–Trinajstić information content (AvgIpc) is 2.94. The predicted octanol–water partition coefficient (Wildman–Crippen LogP) is 5.07. The minimum absolute atomic E-state index is 0.0614. The first-order chi connectivity index (χ1) is 13.5. The Morgan fingerprint density at radius 3 is 2.54 bits per heavy atom. The molecule has 0 N–H and O–H groups in total. The quantitative estimate of drug-likeness (QED) is 0.621. The van der Waals surface area contributed by atoms with Gasteiger partial charge in [0.05, 0.1) is 23.6 Å². The van der Waals surface area contributed by atoms with Gasteiger partial charge in [0, 0.05) is 30.6 Å². The number of para-hydroxylation sites is 2. The number of carbonyl (C=O) groups is 1. The lowest BCUT2D eigenvalue weighted by Crippen LogP contribution is -2.28. The molecule has 1 aliphatic rings. The Kier molecular flexibility index (Phi) is 5.09. The van der Waals surface area contributed by atoms with Crippen LogP contribution in [0.1, 0.15) is 24.9 Å². The van der Waals surface area contributed by atoms with E-state index in [0.717, 1.165) is 41.4 Å². The zero-order valence-corrected chi connectivity index (χ0v) is 16.7. The Labute approximate surface area is 169 Å². The molecule has 6 heteroatoms. The van der Waals surface area contributed by atoms with Gasteiger partial charge >= 0.3 is 0 Å². The maximum atomic E-state index is 12.1. The lowest BCUT2D eigenvalue weighted by molar-refractivity contribution is -0.116. The molecule has 0 fully saturated rings. The molecule has 2 aromatic carbocycles. The van der Waals surface area contributed by atoms with Crippen molar-refractivity contribution in [3.8, 4) is 11.3 Å². The van der Waals surface area contributed by atoms with Crippen LogP contribution in [0.3, 0.4) is 0 Å². The van der Waals surface area contributed by atoms with E-state index in [4.69, 9.17) is 16.0 Å². The summed E-state index contributed by atoms with van der Waals surface area (Å²) < 4.78 is 6.10. The summed E-state index contributed by atoms with van der Waals surface area (Å²) in [6.45, 7) is 5.66. The first-order valence-electron chi connectivity index (χ1n) is 9.37. The Balaban J connectivity index is 1.64. The number of halogens is 1. The fraction of sp³-hybridized carbons (Fsp3) is 0.273. The van der Waals surface area contributed by atoms with E-state index < -0.39 is 0 Å². The van der Waals surface area contributed by atoms with Crippen molar-refractivity contribution < 1.29 is 9.21 Å². The Hall–Kier alpha value is -2.79. The molecule has 0 atom stereocenters. The summed E-state index contributed by atoms with van der Waals surface area (Å²) in [7, 11) is 0. The smallest absolute Gasteiger partial charge is 0.223 e. The van der Waals surface area contributed by atoms with Crippen LogP contribution in [0.25, 0.3) is 11.3 Å². The molecule has 3 aromatic rings. The molecule has 0 radical (unpaired) electrons. The van der Waals surface area contributed by atoms with E-state index >= 15 is 0 Å². The van der Waals surface area contributed by atoms with E-state index in [-0.39, 0.29) is 5.91 Å². The summed E-state index contributed by atoms with van der Waals surface area (Å²) in [4.78, 5) is 20.8. The van der Waals surface area contributed by atoms with Crippen LogP contribution >= 0.6 is 11.6 Å². The van der Waals surface area contributed by atoms with Gasteiger partial charge in [-0.15, -0.1) is 0 Å². The molecule has 144 valence electrons. The van der Waals surface area contributed by atoms with Crippen LogP contribution in [0.2, 0.25) is 5.02 Å². The predicted molar refractivity (Wildman–Crippen MR) is 112 cm³/mol. The summed E-state index contributed by atoms with van der Waals surface area (Å²) in [5.41, 5.74) is 3.78. The summed E-state index contributed by atoms with van der Waals surface area (Å²) in [5.74, 6) is 1.49. The Bertz CT molecular complexity index is 997. The van der Waals surface area contributed by atoms with E-state index in [1.54, 1.807) is 6.92 Å². The molecule has 1 amide bonds. The number of fused-ring (bicyclic) bond motifs is 1. The molecular weight excluding hydrogens is 374 g/mol. The van der Waals surface area contributed by atoms with Gasteiger partial charge in [0.15, 0.2) is 5.76 Å². The topological polar surface area (TPSA) is 49.6 Å². The molecule has 0 spiro atoms. The molecule has 1 aromatic heterocycles. The minimum Gasteiger partial charge on any atom is -0.438 e. The second-order valence-corrected chi connectivity index (χ2v) is 7.40. The van der Waals surface area contributed by atoms with Crippen molar-refractivity contribution in [2.45, 2.75) is 26.8 Å². The Morgan fingerprint density at radius 2 is 1.82 bits per heavy atom. The maximum absolute atomic E-state index is 12.1. The minimum atomic E-state index is 0.0614. The number of carbonyl (C=O) groups excluding carboxylic acids is 1. The highest BCUT2D eigenvalue weighted by Gasteiger charge is 2.24. The van der Waals surface area contributed by atoms with Crippen molar-refractivity contribution in [1.29, 1.82) is 0 Å². The number of amides is 1. The molecule has 28 heavy (non-hydrogen) atoms. The number of rotatable bonds is 3. The van der Waals surface area contributed by atoms with Crippen LogP contribution in [0.5, 0.6) is 0 Å². The van der Waals surface area contributed by atoms with Crippen molar-refractivity contribution in [1.82, 2.24) is 4.98 Å². The number of nitrogens with zero attached hydrogens (tertiary/aromatic N) is 3. The van der Waals surface area contributed by atoms with Crippen molar-refractivity contribution >= 4 is 28.9 Å². The van der Waals surface area contributed by atoms with Gasteiger partial charge in [-0.3, -0.25) is 4.79 Å². The van der Waals surface area contributed by atoms with Crippen LogP contribution < -0.4 is 9.80 Å². The summed E-state index contributed by atoms with van der Waals surface area (Å²) in [5, 5.41) is 0.692. The number of benzene rings is 2. The highest BCUT2D eigenvalue weighted by Crippen LogP contribution is 2.34. The van der Waals surface area contributed by atoms with Gasteiger partial charge < -0.3 is 14.2 Å². The van der Waals surface area contributed by atoms with Gasteiger partial charge in [0.1, 0.15) is 0 Å². The van der Waals surface area contributed by atoms with Gasteiger partial charge in [0.25, 0.3) is 0 Å². The van der Waals surface area contributed by atoms with Gasteiger partial charge in [0.2, 0.25) is 11.8 Å². The van der Waals surface area contributed by atoms with Crippen molar-refractivity contribution in [3.63, 3.8) is 0 Å². The van der Waals surface area contributed by atoms with Crippen LogP contribution in [0.4, 0.5) is 11.4 Å². The lowest BCUT2D eigenvalue weighted by Gasteiger charge is -2.25. The highest BCUT2D eigenvalue weighted by molar-refractivity contribution is 6.30. The first-order valence-corrected chi connectivity index (χ1v) is 9.75. The third-order valence-corrected chi connectivity index (χ3v) is 5.23. The van der Waals surface area contributed by atoms with E-state index in [2.05, 4.69) is 9.88 Å². The SMILES string of the molecule is CC(=O)N1CCCN(Cc2nc(C)c(-c3ccc(Cl)cc3)o2)c2ccccc21. The van der Waals surface area contributed by atoms with Gasteiger partial charge in [-0.2, -0.15) is 0 Å². The normalized spacial score (nSPS) is 14.0. The third kappa shape index (κ3) is 3.62. The van der Waals surface area contributed by atoms with Gasteiger partial charge in [-0.1, -0.05) is 23.7 Å². The van der Waals surface area contributed by atoms with Crippen LogP contribution in [0.15, 0.2) is 52.9 Å². The monoisotopic (exact) mass is 395 g/mol. The van der Waals surface area contributed by atoms with E-state index in [9.17, 15) is 4.79 Å². The molecule has 0 unspecified atom stereocenters. The van der Waals surface area contributed by atoms with Crippen LogP contribution in [0, 0.1) is 6.92 Å². The number of oxazole rings is 1. The van der Waals surface area contributed by atoms with E-state index in [0.29, 0.717) is 24.0 Å². The van der Waals surface area contributed by atoms with Gasteiger partial charge in [-0.05, 0) is 49.7 Å². The average molecular weight is 396 g/mol. The van der Waals surface area contributed by atoms with E-state index in [1.807, 2.05) is 60.4 Å². The third-order valence-electron chi connectivity index (χ3n) is 4.98. The van der Waals surface area contributed by atoms with E-state index in [1.165, 1.54) is 0 Å². The summed E-state index contributed by atoms with van der Waals surface area (Å²) in [6, 6.07) is 15.6. The summed E-state index contributed by atoms with van der Waals surface area (Å²) in [6.07, 6.45) is 0.887. The lowest BCUT2D eigenvalue weighted by atomic mass is 10.1. The fourth-order valence-corrected chi connectivity index (χ4v) is 3.79. The van der Waals surface area contributed by atoms with Gasteiger partial charge in [-0.25, -0.2) is 4.98 Å². The molecule has 5 nitrogen and oxygen atoms in total. The zero-order valence-electron chi connectivity index (χ0n) is 16.0. The zero-order chi connectivity index (χ0) is 19.7. The largest absolute Gasteiger partial charge is 0.438 e. The van der Waals surface area contributed by atoms with Crippen LogP contribution in [-0.2, 0) is 11.3 Å². The number of hydrogen-bond acceptors (Lipinski definition) is 4. The number of hydrogen-bond donors (Lipinski definition) is 0. The number of anilines is 2. The molecule has 1 aliphatic heterocycles. The second kappa shape index (κ2) is 7.68. The standard InChI is InChI=1S/C22H22ClN3O2/c1-15-22(17-8-10-18(23)11-9-17)28-21(24-15)14-25-12-5-13-26(16(2)27)20-7-4-3-6-19(20)25/h3-4,6-11H,5,12-14H2,1-2H3. The molecule has 2 heterocycles. The van der Waals surface area contributed by atoms with Crippen molar-refractivity contribution in [3.05, 3.63) is 65.1 Å². The Morgan fingerprint density at radius 1 is 1.11 bits per heavy atom. The molecule has 0 saturated heterocycles. The molecule has 0 bridgehead atoms. The second-order valence-electron chi connectivity index (χ2n) is 6.96. The molecule has 0 aliphatic carbocycles. The molecular formula is C22H22ClN3O2. The van der Waals surface area contributed by atoms with Crippen molar-refractivity contribution in [2.24, 2.45) is 0 Å². The molecule has 4 rings (SSSR count).